The van der Waals surface area contributed by atoms with E-state index in [2.05, 4.69) is 11.9 Å². The summed E-state index contributed by atoms with van der Waals surface area (Å²) in [6, 6.07) is 20.6. The van der Waals surface area contributed by atoms with Gasteiger partial charge in [-0.25, -0.2) is 14.8 Å². The molecule has 3 aromatic carbocycles. The van der Waals surface area contributed by atoms with Crippen molar-refractivity contribution in [3.8, 4) is 17.2 Å². The van der Waals surface area contributed by atoms with Crippen molar-refractivity contribution in [2.24, 2.45) is 0 Å². The molecule has 1 aliphatic carbocycles. The summed E-state index contributed by atoms with van der Waals surface area (Å²) in [7, 11) is 1.60. The fraction of sp³-hybridized carbons (Fsp3) is 0.378. The molecular formula is C37H43N5O6. The summed E-state index contributed by atoms with van der Waals surface area (Å²) in [5.74, 6) is 0.832. The molecule has 48 heavy (non-hydrogen) atoms. The SMILES string of the molecule is C=CCN1CC(=O)N2[C@@H](Cc3ccc(O)cc3)C(=O)N(Cc3cccc(OC)c3OC3CCCC3)C[C@@H]2N1C(=O)NCc1ccccc1. The van der Waals surface area contributed by atoms with Crippen LogP contribution in [0.5, 0.6) is 17.2 Å². The summed E-state index contributed by atoms with van der Waals surface area (Å²) in [5.41, 5.74) is 2.50. The first kappa shape index (κ1) is 32.9. The number of fused-ring (bicyclic) bond motifs is 1. The van der Waals surface area contributed by atoms with E-state index in [-0.39, 0.29) is 62.3 Å². The van der Waals surface area contributed by atoms with E-state index in [0.717, 1.165) is 42.4 Å². The Bertz CT molecular complexity index is 1610. The third kappa shape index (κ3) is 7.11. The Kier molecular flexibility index (Phi) is 10.1. The van der Waals surface area contributed by atoms with Gasteiger partial charge in [0, 0.05) is 31.6 Å². The van der Waals surface area contributed by atoms with E-state index in [1.807, 2.05) is 48.5 Å². The van der Waals surface area contributed by atoms with Crippen LogP contribution in [0, 0.1) is 0 Å². The number of amides is 4. The first-order chi connectivity index (χ1) is 23.4. The third-order valence-electron chi connectivity index (χ3n) is 9.26. The van der Waals surface area contributed by atoms with Gasteiger partial charge >= 0.3 is 6.03 Å². The molecule has 3 aromatic rings. The number of hydrazine groups is 1. The number of phenols is 1. The number of ether oxygens (including phenoxy) is 2. The molecule has 11 nitrogen and oxygen atoms in total. The van der Waals surface area contributed by atoms with E-state index >= 15 is 0 Å². The molecule has 0 aromatic heterocycles. The molecule has 3 fully saturated rings. The molecular weight excluding hydrogens is 610 g/mol. The predicted octanol–water partition coefficient (Wildman–Crippen LogP) is 4.46. The van der Waals surface area contributed by atoms with Crippen LogP contribution in [-0.2, 0) is 29.1 Å². The predicted molar refractivity (Wildman–Crippen MR) is 180 cm³/mol. The Morgan fingerprint density at radius 3 is 2.46 bits per heavy atom. The lowest BCUT2D eigenvalue weighted by Gasteiger charge is -2.55. The van der Waals surface area contributed by atoms with Gasteiger partial charge in [-0.05, 0) is 55.0 Å². The molecule has 4 amide bonds. The van der Waals surface area contributed by atoms with Crippen LogP contribution in [0.2, 0.25) is 0 Å². The highest BCUT2D eigenvalue weighted by Gasteiger charge is 2.51. The molecule has 6 rings (SSSR count). The normalized spacial score (nSPS) is 20.1. The van der Waals surface area contributed by atoms with E-state index < -0.39 is 12.2 Å². The first-order valence-electron chi connectivity index (χ1n) is 16.5. The molecule has 252 valence electrons. The number of nitrogens with one attached hydrogen (secondary N) is 1. The van der Waals surface area contributed by atoms with Gasteiger partial charge in [-0.2, -0.15) is 0 Å². The second kappa shape index (κ2) is 14.8. The Labute approximate surface area is 281 Å². The number of methoxy groups -OCH3 is 1. The Morgan fingerprint density at radius 1 is 1.00 bits per heavy atom. The van der Waals surface area contributed by atoms with Gasteiger partial charge in [0.25, 0.3) is 0 Å². The van der Waals surface area contributed by atoms with Gasteiger partial charge in [0.15, 0.2) is 11.5 Å². The van der Waals surface area contributed by atoms with E-state index in [9.17, 15) is 19.5 Å². The maximum atomic E-state index is 14.5. The van der Waals surface area contributed by atoms with Gasteiger partial charge in [-0.15, -0.1) is 6.58 Å². The average molecular weight is 654 g/mol. The lowest BCUT2D eigenvalue weighted by atomic mass is 9.98. The lowest BCUT2D eigenvalue weighted by molar-refractivity contribution is -0.189. The number of hydrogen-bond donors (Lipinski definition) is 2. The van der Waals surface area contributed by atoms with Gasteiger partial charge in [0.05, 0.1) is 26.3 Å². The van der Waals surface area contributed by atoms with Crippen LogP contribution < -0.4 is 14.8 Å². The fourth-order valence-corrected chi connectivity index (χ4v) is 6.91. The number of benzene rings is 3. The standard InChI is InChI=1S/C37H43N5O6/c1-3-20-40-25-34(44)41-31(21-26-16-18-29(43)19-17-26)36(45)39(24-33(41)42(40)37(46)38-22-27-10-5-4-6-11-27)23-28-12-9-15-32(47-2)35(28)48-30-13-7-8-14-30/h3-6,9-12,15-19,30-31,33,43H,1,7-8,13-14,20-25H2,2H3,(H,38,46)/t31-,33-/m0/s1. The van der Waals surface area contributed by atoms with E-state index in [1.165, 1.54) is 0 Å². The summed E-state index contributed by atoms with van der Waals surface area (Å²) in [6.07, 6.45) is 5.28. The summed E-state index contributed by atoms with van der Waals surface area (Å²) in [5, 5.41) is 16.2. The van der Waals surface area contributed by atoms with Crippen molar-refractivity contribution < 1.29 is 29.0 Å². The van der Waals surface area contributed by atoms with Gasteiger partial charge in [0.2, 0.25) is 11.8 Å². The molecule has 2 aliphatic heterocycles. The van der Waals surface area contributed by atoms with Crippen molar-refractivity contribution in [3.63, 3.8) is 0 Å². The van der Waals surface area contributed by atoms with Crippen LogP contribution in [0.3, 0.4) is 0 Å². The van der Waals surface area contributed by atoms with E-state index in [0.29, 0.717) is 18.0 Å². The zero-order valence-corrected chi connectivity index (χ0v) is 27.3. The highest BCUT2D eigenvalue weighted by Crippen LogP contribution is 2.37. The molecule has 0 radical (unpaired) electrons. The summed E-state index contributed by atoms with van der Waals surface area (Å²) in [6.45, 7) is 4.62. The van der Waals surface area contributed by atoms with Crippen molar-refractivity contribution in [1.82, 2.24) is 25.1 Å². The Hall–Kier alpha value is -5.03. The minimum absolute atomic E-state index is 0.0714. The van der Waals surface area contributed by atoms with Gasteiger partial charge in [-0.1, -0.05) is 60.7 Å². The lowest BCUT2D eigenvalue weighted by Crippen LogP contribution is -2.76. The largest absolute Gasteiger partial charge is 0.508 e. The molecule has 0 unspecified atom stereocenters. The zero-order valence-electron chi connectivity index (χ0n) is 27.3. The summed E-state index contributed by atoms with van der Waals surface area (Å²) < 4.78 is 12.2. The Balaban J connectivity index is 1.36. The smallest absolute Gasteiger partial charge is 0.334 e. The van der Waals surface area contributed by atoms with Crippen molar-refractivity contribution in [1.29, 1.82) is 0 Å². The highest BCUT2D eigenvalue weighted by atomic mass is 16.5. The Morgan fingerprint density at radius 2 is 1.75 bits per heavy atom. The average Bonchev–Trinajstić information content (AvgIpc) is 3.61. The van der Waals surface area contributed by atoms with Crippen LogP contribution in [0.25, 0.3) is 0 Å². The first-order valence-corrected chi connectivity index (χ1v) is 16.5. The molecule has 2 heterocycles. The number of rotatable bonds is 11. The molecule has 11 heteroatoms. The molecule has 2 atom stereocenters. The number of carbonyl (C=O) groups excluding carboxylic acids is 3. The number of urea groups is 1. The highest BCUT2D eigenvalue weighted by molar-refractivity contribution is 5.91. The number of nitrogens with zero attached hydrogens (tertiary/aromatic N) is 4. The van der Waals surface area contributed by atoms with Crippen molar-refractivity contribution in [2.45, 2.75) is 63.5 Å². The van der Waals surface area contributed by atoms with Crippen LogP contribution in [0.15, 0.2) is 85.5 Å². The number of aromatic hydroxyl groups is 1. The molecule has 1 saturated carbocycles. The van der Waals surface area contributed by atoms with Crippen molar-refractivity contribution in [3.05, 3.63) is 102 Å². The minimum atomic E-state index is -0.888. The molecule has 3 aliphatic rings. The third-order valence-corrected chi connectivity index (χ3v) is 9.26. The molecule has 0 bridgehead atoms. The topological polar surface area (TPSA) is 115 Å². The fourth-order valence-electron chi connectivity index (χ4n) is 6.91. The maximum absolute atomic E-state index is 14.5. The number of phenolic OH excluding ortho intramolecular Hbond substituents is 1. The van der Waals surface area contributed by atoms with Crippen LogP contribution in [0.4, 0.5) is 4.79 Å². The molecule has 2 saturated heterocycles. The van der Waals surface area contributed by atoms with Gasteiger partial charge < -0.3 is 29.7 Å². The number of hydrogen-bond acceptors (Lipinski definition) is 7. The monoisotopic (exact) mass is 653 g/mol. The van der Waals surface area contributed by atoms with E-state index in [4.69, 9.17) is 9.47 Å². The second-order valence-electron chi connectivity index (χ2n) is 12.5. The van der Waals surface area contributed by atoms with Crippen LogP contribution in [-0.4, -0.2) is 87.8 Å². The number of para-hydroxylation sites is 1. The van der Waals surface area contributed by atoms with Crippen molar-refractivity contribution >= 4 is 17.8 Å². The summed E-state index contributed by atoms with van der Waals surface area (Å²) >= 11 is 0. The minimum Gasteiger partial charge on any atom is -0.508 e. The molecule has 0 spiro atoms. The van der Waals surface area contributed by atoms with Gasteiger partial charge in [0.1, 0.15) is 18.0 Å². The van der Waals surface area contributed by atoms with Crippen LogP contribution >= 0.6 is 0 Å². The van der Waals surface area contributed by atoms with E-state index in [1.54, 1.807) is 57.3 Å². The second-order valence-corrected chi connectivity index (χ2v) is 12.5. The maximum Gasteiger partial charge on any atom is 0.334 e. The molecule has 2 N–H and O–H groups in total. The summed E-state index contributed by atoms with van der Waals surface area (Å²) in [4.78, 5) is 45.7. The quantitative estimate of drug-likeness (QED) is 0.294. The van der Waals surface area contributed by atoms with Crippen molar-refractivity contribution in [2.75, 3.05) is 26.7 Å². The van der Waals surface area contributed by atoms with Crippen LogP contribution in [0.1, 0.15) is 42.4 Å². The van der Waals surface area contributed by atoms with Gasteiger partial charge in [-0.3, -0.25) is 9.59 Å². The number of piperazine rings is 1. The zero-order chi connectivity index (χ0) is 33.6. The number of carbonyl (C=O) groups is 3.